The van der Waals surface area contributed by atoms with Crippen LogP contribution in [0.5, 0.6) is 0 Å². The molecule has 0 aromatic rings. The average molecular weight is 156 g/mol. The highest BCUT2D eigenvalue weighted by Crippen LogP contribution is 2.41. The van der Waals surface area contributed by atoms with Gasteiger partial charge in [-0.3, -0.25) is 0 Å². The summed E-state index contributed by atoms with van der Waals surface area (Å²) in [6.07, 6.45) is 14.3. The van der Waals surface area contributed by atoms with Gasteiger partial charge in [0.15, 0.2) is 0 Å². The van der Waals surface area contributed by atoms with Gasteiger partial charge in [-0.15, -0.1) is 0 Å². The van der Waals surface area contributed by atoms with Gasteiger partial charge in [0.05, 0.1) is 0 Å². The van der Waals surface area contributed by atoms with Crippen molar-refractivity contribution in [3.05, 3.63) is 46.6 Å². The van der Waals surface area contributed by atoms with Gasteiger partial charge in [-0.1, -0.05) is 29.9 Å². The fraction of sp³-hybridized carbons (Fsp3) is 0.333. The Kier molecular flexibility index (Phi) is 1.20. The molecule has 0 N–H and O–H groups in total. The van der Waals surface area contributed by atoms with E-state index in [0.717, 1.165) is 0 Å². The molecular formula is C12H12. The third-order valence-electron chi connectivity index (χ3n) is 3.01. The van der Waals surface area contributed by atoms with Crippen LogP contribution in [-0.2, 0) is 0 Å². The maximum absolute atomic E-state index is 2.31. The van der Waals surface area contributed by atoms with Crippen LogP contribution in [0.1, 0.15) is 25.7 Å². The minimum atomic E-state index is 1.20. The third kappa shape index (κ3) is 0.726. The lowest BCUT2D eigenvalue weighted by molar-refractivity contribution is 0.752. The van der Waals surface area contributed by atoms with Crippen LogP contribution in [0.2, 0.25) is 0 Å². The molecule has 0 heterocycles. The van der Waals surface area contributed by atoms with Crippen LogP contribution in [0.3, 0.4) is 0 Å². The Morgan fingerprint density at radius 2 is 2.08 bits per heavy atom. The van der Waals surface area contributed by atoms with Crippen molar-refractivity contribution in [1.29, 1.82) is 0 Å². The largest absolute Gasteiger partial charge is 0.0798 e. The quantitative estimate of drug-likeness (QED) is 0.505. The van der Waals surface area contributed by atoms with Crippen molar-refractivity contribution in [2.75, 3.05) is 0 Å². The van der Waals surface area contributed by atoms with Gasteiger partial charge in [0, 0.05) is 0 Å². The second-order valence-electron chi connectivity index (χ2n) is 3.75. The van der Waals surface area contributed by atoms with Crippen LogP contribution in [0.25, 0.3) is 0 Å². The smallest absolute Gasteiger partial charge is 0.0126 e. The Balaban J connectivity index is 2.19. The first-order chi connectivity index (χ1) is 5.95. The Morgan fingerprint density at radius 1 is 1.08 bits per heavy atom. The summed E-state index contributed by atoms with van der Waals surface area (Å²) < 4.78 is 0. The molecule has 0 bridgehead atoms. The number of allylic oxidation sites excluding steroid dienone is 8. The van der Waals surface area contributed by atoms with Crippen LogP contribution in [0.15, 0.2) is 46.6 Å². The zero-order valence-electron chi connectivity index (χ0n) is 7.14. The Labute approximate surface area is 73.0 Å². The first-order valence-corrected chi connectivity index (χ1v) is 4.75. The molecule has 3 aliphatic rings. The molecule has 0 aliphatic heterocycles. The highest BCUT2D eigenvalue weighted by molar-refractivity contribution is 5.64. The van der Waals surface area contributed by atoms with Gasteiger partial charge in [-0.2, -0.15) is 0 Å². The molecule has 0 saturated carbocycles. The average Bonchev–Trinajstić information content (AvgIpc) is 2.52. The summed E-state index contributed by atoms with van der Waals surface area (Å²) in [6.45, 7) is 0. The molecule has 0 spiro atoms. The van der Waals surface area contributed by atoms with Crippen LogP contribution < -0.4 is 0 Å². The monoisotopic (exact) mass is 156 g/mol. The van der Waals surface area contributed by atoms with Crippen LogP contribution >= 0.6 is 0 Å². The molecule has 0 amide bonds. The molecule has 0 nitrogen and oxygen atoms in total. The van der Waals surface area contributed by atoms with E-state index in [0.29, 0.717) is 0 Å². The van der Waals surface area contributed by atoms with Gasteiger partial charge >= 0.3 is 0 Å². The molecule has 0 atom stereocenters. The fourth-order valence-corrected chi connectivity index (χ4v) is 2.47. The first kappa shape index (κ1) is 6.47. The summed E-state index contributed by atoms with van der Waals surface area (Å²) in [5.41, 5.74) is 6.34. The summed E-state index contributed by atoms with van der Waals surface area (Å²) in [6, 6.07) is 0. The molecule has 12 heavy (non-hydrogen) atoms. The molecular weight excluding hydrogens is 144 g/mol. The maximum Gasteiger partial charge on any atom is -0.0126 e. The standard InChI is InChI=1S/C12H12/c1-3-9-4-2-6-11-8-7-10(5-1)12(9)11/h1,5,7-8H,2-4,6H2. The molecule has 0 aromatic heterocycles. The lowest BCUT2D eigenvalue weighted by atomic mass is 9.82. The maximum atomic E-state index is 2.31. The summed E-state index contributed by atoms with van der Waals surface area (Å²) in [5, 5.41) is 0. The molecule has 0 fully saturated rings. The highest BCUT2D eigenvalue weighted by atomic mass is 14.3. The van der Waals surface area contributed by atoms with E-state index in [1.54, 1.807) is 16.7 Å². The summed E-state index contributed by atoms with van der Waals surface area (Å²) in [4.78, 5) is 0. The van der Waals surface area contributed by atoms with Gasteiger partial charge in [0.2, 0.25) is 0 Å². The van der Waals surface area contributed by atoms with E-state index < -0.39 is 0 Å². The van der Waals surface area contributed by atoms with E-state index in [4.69, 9.17) is 0 Å². The zero-order valence-corrected chi connectivity index (χ0v) is 7.14. The lowest BCUT2D eigenvalue weighted by Crippen LogP contribution is -2.04. The number of hydrogen-bond donors (Lipinski definition) is 0. The first-order valence-electron chi connectivity index (χ1n) is 4.75. The molecule has 0 unspecified atom stereocenters. The summed E-state index contributed by atoms with van der Waals surface area (Å²) in [7, 11) is 0. The van der Waals surface area contributed by atoms with Gasteiger partial charge in [0.25, 0.3) is 0 Å². The zero-order chi connectivity index (χ0) is 7.97. The predicted octanol–water partition coefficient (Wildman–Crippen LogP) is 3.29. The molecule has 0 aromatic carbocycles. The van der Waals surface area contributed by atoms with Crippen molar-refractivity contribution in [1.82, 2.24) is 0 Å². The van der Waals surface area contributed by atoms with E-state index in [2.05, 4.69) is 24.3 Å². The predicted molar refractivity (Wildman–Crippen MR) is 50.8 cm³/mol. The van der Waals surface area contributed by atoms with Crippen molar-refractivity contribution in [3.8, 4) is 0 Å². The van der Waals surface area contributed by atoms with Gasteiger partial charge in [-0.05, 0) is 42.4 Å². The topological polar surface area (TPSA) is 0 Å². The van der Waals surface area contributed by atoms with Crippen molar-refractivity contribution in [3.63, 3.8) is 0 Å². The summed E-state index contributed by atoms with van der Waals surface area (Å²) in [5.74, 6) is 0. The molecule has 0 saturated heterocycles. The van der Waals surface area contributed by atoms with Gasteiger partial charge in [0.1, 0.15) is 0 Å². The van der Waals surface area contributed by atoms with Crippen LogP contribution in [0, 0.1) is 0 Å². The number of rotatable bonds is 0. The molecule has 0 radical (unpaired) electrons. The Morgan fingerprint density at radius 3 is 3.08 bits per heavy atom. The molecule has 3 aliphatic carbocycles. The van der Waals surface area contributed by atoms with Crippen LogP contribution in [-0.4, -0.2) is 0 Å². The van der Waals surface area contributed by atoms with Crippen molar-refractivity contribution >= 4 is 0 Å². The van der Waals surface area contributed by atoms with Crippen LogP contribution in [0.4, 0.5) is 0 Å². The van der Waals surface area contributed by atoms with E-state index in [-0.39, 0.29) is 0 Å². The van der Waals surface area contributed by atoms with Crippen molar-refractivity contribution in [2.24, 2.45) is 0 Å². The van der Waals surface area contributed by atoms with E-state index in [1.807, 2.05) is 0 Å². The van der Waals surface area contributed by atoms with Gasteiger partial charge in [-0.25, -0.2) is 0 Å². The van der Waals surface area contributed by atoms with Crippen molar-refractivity contribution in [2.45, 2.75) is 25.7 Å². The van der Waals surface area contributed by atoms with E-state index in [9.17, 15) is 0 Å². The lowest BCUT2D eigenvalue weighted by Gasteiger charge is -2.23. The minimum absolute atomic E-state index is 1.20. The third-order valence-corrected chi connectivity index (χ3v) is 3.01. The van der Waals surface area contributed by atoms with E-state index >= 15 is 0 Å². The molecule has 0 heteroatoms. The van der Waals surface area contributed by atoms with Gasteiger partial charge < -0.3 is 0 Å². The SMILES string of the molecule is C1=CC2=CC=C3CCCC(=C23)C1. The highest BCUT2D eigenvalue weighted by Gasteiger charge is 2.23. The minimum Gasteiger partial charge on any atom is -0.0798 e. The Bertz CT molecular complexity index is 348. The Hall–Kier alpha value is -1.04. The number of hydrogen-bond acceptors (Lipinski definition) is 0. The van der Waals surface area contributed by atoms with Crippen molar-refractivity contribution < 1.29 is 0 Å². The summed E-state index contributed by atoms with van der Waals surface area (Å²) >= 11 is 0. The molecule has 60 valence electrons. The fourth-order valence-electron chi connectivity index (χ4n) is 2.47. The van der Waals surface area contributed by atoms with E-state index in [1.165, 1.54) is 31.3 Å². The second kappa shape index (κ2) is 2.22. The second-order valence-corrected chi connectivity index (χ2v) is 3.75. The molecule has 3 rings (SSSR count). The normalized spacial score (nSPS) is 25.3.